The van der Waals surface area contributed by atoms with Gasteiger partial charge in [0.05, 0.1) is 19.1 Å². The van der Waals surface area contributed by atoms with Crippen LogP contribution >= 0.6 is 0 Å². The minimum Gasteiger partial charge on any atom is -1.00 e. The number of nitrogens with zero attached hydrogens (tertiary/aromatic N) is 1. The molecular formula is C35H38BrNO. The van der Waals surface area contributed by atoms with Crippen LogP contribution < -0.4 is 17.0 Å². The number of benzene rings is 4. The molecule has 0 radical (unpaired) electrons. The van der Waals surface area contributed by atoms with E-state index in [2.05, 4.69) is 117 Å². The second-order valence-corrected chi connectivity index (χ2v) is 12.3. The normalized spacial score (nSPS) is 33.3. The molecule has 3 fully saturated rings. The number of fused-ring (bicyclic) bond motifs is 1. The van der Waals surface area contributed by atoms with E-state index in [0.717, 1.165) is 29.4 Å². The van der Waals surface area contributed by atoms with E-state index in [1.165, 1.54) is 46.8 Å². The topological polar surface area (TPSA) is 9.23 Å². The number of ether oxygens (including phenoxy) is 1. The molecule has 3 aliphatic rings. The molecule has 3 heteroatoms. The van der Waals surface area contributed by atoms with E-state index in [4.69, 9.17) is 4.74 Å². The Bertz CT molecular complexity index is 1420. The van der Waals surface area contributed by atoms with E-state index in [1.54, 1.807) is 0 Å². The third-order valence-electron chi connectivity index (χ3n) is 10.6. The maximum Gasteiger partial charge on any atom is 0.151 e. The average Bonchev–Trinajstić information content (AvgIpc) is 3.48. The highest BCUT2D eigenvalue weighted by Gasteiger charge is 2.78. The number of halogens is 1. The molecule has 0 aromatic heterocycles. The third kappa shape index (κ3) is 3.66. The molecule has 7 rings (SSSR count). The van der Waals surface area contributed by atoms with Crippen LogP contribution in [0.25, 0.3) is 10.8 Å². The largest absolute Gasteiger partial charge is 1.00 e. The first-order chi connectivity index (χ1) is 18.1. The fraction of sp³-hybridized carbons (Fsp3) is 0.371. The molecule has 38 heavy (non-hydrogen) atoms. The summed E-state index contributed by atoms with van der Waals surface area (Å²) in [6.45, 7) is 9.20. The zero-order valence-corrected chi connectivity index (χ0v) is 24.1. The summed E-state index contributed by atoms with van der Waals surface area (Å²) in [4.78, 5) is 0. The summed E-state index contributed by atoms with van der Waals surface area (Å²) in [5, 5.41) is 2.76. The number of quaternary nitrogens is 1. The molecule has 2 aliphatic heterocycles. The van der Waals surface area contributed by atoms with Crippen LogP contribution in [0.1, 0.15) is 43.4 Å². The van der Waals surface area contributed by atoms with Gasteiger partial charge in [0.1, 0.15) is 18.6 Å². The van der Waals surface area contributed by atoms with Crippen LogP contribution in [0.5, 0.6) is 0 Å². The predicted molar refractivity (Wildman–Crippen MR) is 151 cm³/mol. The van der Waals surface area contributed by atoms with Crippen LogP contribution in [-0.2, 0) is 23.5 Å². The zero-order valence-electron chi connectivity index (χ0n) is 22.5. The SMILES string of the molecule is C[C@@H]1C[N@@+]2(Cc3cccc4ccccc34)C[C@](OCc3ccccc3)(c3ccccc3)[C@H]3CC[C@@H]1[C@]32C.[Br-]. The first-order valence-corrected chi connectivity index (χ1v) is 14.1. The van der Waals surface area contributed by atoms with Crippen LogP contribution in [0.15, 0.2) is 103 Å². The van der Waals surface area contributed by atoms with Crippen molar-refractivity contribution in [3.63, 3.8) is 0 Å². The molecule has 0 spiro atoms. The van der Waals surface area contributed by atoms with Gasteiger partial charge in [0.2, 0.25) is 0 Å². The molecule has 1 saturated carbocycles. The van der Waals surface area contributed by atoms with Gasteiger partial charge in [-0.2, -0.15) is 0 Å². The molecule has 2 saturated heterocycles. The highest BCUT2D eigenvalue weighted by Crippen LogP contribution is 2.68. The molecule has 6 atom stereocenters. The van der Waals surface area contributed by atoms with Gasteiger partial charge in [0.25, 0.3) is 0 Å². The lowest BCUT2D eigenvalue weighted by Gasteiger charge is -2.44. The summed E-state index contributed by atoms with van der Waals surface area (Å²) in [5.74, 6) is 2.00. The Kier molecular flexibility index (Phi) is 6.53. The van der Waals surface area contributed by atoms with Crippen LogP contribution in [0.4, 0.5) is 0 Å². The van der Waals surface area contributed by atoms with Crippen LogP contribution in [0.2, 0.25) is 0 Å². The standard InChI is InChI=1S/C35H38NO.BrH/c1-26-22-36(23-29-16-11-15-28-14-9-10-19-31(28)29)25-35(30-17-7-4-8-18-30,33-21-20-32(26)34(33,36)2)37-24-27-12-5-3-6-13-27;/h3-19,26,32-33H,20-25H2,1-2H3;1H/q+1;/p-1/t26-,32+,33+,34-,35+,36-;/m1./s1. The summed E-state index contributed by atoms with van der Waals surface area (Å²) in [7, 11) is 0. The van der Waals surface area contributed by atoms with E-state index >= 15 is 0 Å². The molecule has 196 valence electrons. The number of hydrogen-bond acceptors (Lipinski definition) is 1. The Morgan fingerprint density at radius 1 is 0.816 bits per heavy atom. The fourth-order valence-electron chi connectivity index (χ4n) is 9.18. The van der Waals surface area contributed by atoms with Crippen molar-refractivity contribution in [1.29, 1.82) is 0 Å². The lowest BCUT2D eigenvalue weighted by molar-refractivity contribution is -0.968. The summed E-state index contributed by atoms with van der Waals surface area (Å²) in [5.41, 5.74) is 4.06. The fourth-order valence-corrected chi connectivity index (χ4v) is 9.18. The van der Waals surface area contributed by atoms with Gasteiger partial charge in [-0.3, -0.25) is 0 Å². The minimum absolute atomic E-state index is 0. The Hall–Kier alpha value is -2.46. The first kappa shape index (κ1) is 25.8. The van der Waals surface area contributed by atoms with Crippen molar-refractivity contribution in [1.82, 2.24) is 0 Å². The van der Waals surface area contributed by atoms with Crippen LogP contribution in [0.3, 0.4) is 0 Å². The van der Waals surface area contributed by atoms with E-state index in [0.29, 0.717) is 12.5 Å². The summed E-state index contributed by atoms with van der Waals surface area (Å²) in [6, 6.07) is 37.8. The first-order valence-electron chi connectivity index (χ1n) is 14.1. The van der Waals surface area contributed by atoms with Crippen molar-refractivity contribution >= 4 is 10.8 Å². The molecule has 0 bridgehead atoms. The zero-order chi connectivity index (χ0) is 25.1. The van der Waals surface area contributed by atoms with E-state index in [1.807, 2.05) is 0 Å². The van der Waals surface area contributed by atoms with E-state index in [9.17, 15) is 0 Å². The summed E-state index contributed by atoms with van der Waals surface area (Å²) >= 11 is 0. The lowest BCUT2D eigenvalue weighted by Crippen LogP contribution is -3.00. The van der Waals surface area contributed by atoms with Crippen molar-refractivity contribution in [2.24, 2.45) is 17.8 Å². The number of rotatable bonds is 6. The predicted octanol–water partition coefficient (Wildman–Crippen LogP) is 4.72. The highest BCUT2D eigenvalue weighted by molar-refractivity contribution is 5.85. The number of hydrogen-bond donors (Lipinski definition) is 0. The minimum atomic E-state index is -0.272. The Morgan fingerprint density at radius 3 is 2.29 bits per heavy atom. The van der Waals surface area contributed by atoms with Gasteiger partial charge in [-0.1, -0.05) is 110 Å². The van der Waals surface area contributed by atoms with Gasteiger partial charge >= 0.3 is 0 Å². The smallest absolute Gasteiger partial charge is 0.151 e. The van der Waals surface area contributed by atoms with Gasteiger partial charge in [0.15, 0.2) is 5.60 Å². The van der Waals surface area contributed by atoms with Crippen molar-refractivity contribution in [3.8, 4) is 0 Å². The van der Waals surface area contributed by atoms with Gasteiger partial charge in [-0.05, 0) is 41.7 Å². The second-order valence-electron chi connectivity index (χ2n) is 12.3. The summed E-state index contributed by atoms with van der Waals surface area (Å²) in [6.07, 6.45) is 2.58. The van der Waals surface area contributed by atoms with Crippen molar-refractivity contribution < 1.29 is 26.2 Å². The Labute approximate surface area is 238 Å². The molecule has 0 N–H and O–H groups in total. The van der Waals surface area contributed by atoms with Gasteiger partial charge < -0.3 is 26.2 Å². The molecule has 2 nitrogen and oxygen atoms in total. The van der Waals surface area contributed by atoms with Crippen molar-refractivity contribution in [2.75, 3.05) is 13.1 Å². The van der Waals surface area contributed by atoms with Crippen LogP contribution in [-0.4, -0.2) is 23.1 Å². The Balaban J connectivity index is 0.00000264. The second kappa shape index (κ2) is 9.62. The highest BCUT2D eigenvalue weighted by atomic mass is 79.9. The van der Waals surface area contributed by atoms with Gasteiger partial charge in [0, 0.05) is 17.4 Å². The average molecular weight is 569 g/mol. The van der Waals surface area contributed by atoms with Gasteiger partial charge in [-0.25, -0.2) is 0 Å². The maximum absolute atomic E-state index is 7.26. The summed E-state index contributed by atoms with van der Waals surface area (Å²) < 4.78 is 8.40. The van der Waals surface area contributed by atoms with Crippen LogP contribution in [0, 0.1) is 17.8 Å². The molecule has 4 aromatic carbocycles. The maximum atomic E-state index is 7.26. The molecular weight excluding hydrogens is 530 g/mol. The van der Waals surface area contributed by atoms with Crippen molar-refractivity contribution in [3.05, 3.63) is 120 Å². The third-order valence-corrected chi connectivity index (χ3v) is 10.6. The van der Waals surface area contributed by atoms with Crippen molar-refractivity contribution in [2.45, 2.75) is 51.0 Å². The molecule has 2 heterocycles. The lowest BCUT2D eigenvalue weighted by atomic mass is 9.73. The quantitative estimate of drug-likeness (QED) is 0.306. The molecule has 1 aliphatic carbocycles. The Morgan fingerprint density at radius 2 is 1.50 bits per heavy atom. The monoisotopic (exact) mass is 567 g/mol. The van der Waals surface area contributed by atoms with E-state index < -0.39 is 0 Å². The molecule has 4 aromatic rings. The molecule has 0 amide bonds. The van der Waals surface area contributed by atoms with E-state index in [-0.39, 0.29) is 28.1 Å². The molecule has 0 unspecified atom stereocenters. The van der Waals surface area contributed by atoms with Gasteiger partial charge in [-0.15, -0.1) is 0 Å².